The van der Waals surface area contributed by atoms with E-state index in [2.05, 4.69) is 220 Å². The number of carboxylic acids is 1. The van der Waals surface area contributed by atoms with Crippen molar-refractivity contribution in [3.63, 3.8) is 0 Å². The molecule has 0 aromatic carbocycles. The second-order valence-electron chi connectivity index (χ2n) is 27.9. The highest BCUT2D eigenvalue weighted by atomic mass is 16.7. The molecule has 0 aliphatic rings. The highest BCUT2D eigenvalue weighted by Gasteiger charge is 2.22. The Kier molecular flexibility index (Phi) is 76.7. The van der Waals surface area contributed by atoms with Crippen molar-refractivity contribution in [3.8, 4) is 0 Å². The lowest BCUT2D eigenvalue weighted by Crippen LogP contribution is -2.44. The van der Waals surface area contributed by atoms with Gasteiger partial charge in [0.2, 0.25) is 0 Å². The number of ether oxygens (including phenoxy) is 4. The zero-order chi connectivity index (χ0) is 74.6. The van der Waals surface area contributed by atoms with Gasteiger partial charge in [-0.2, -0.15) is 0 Å². The first-order valence-electron chi connectivity index (χ1n) is 41.2. The summed E-state index contributed by atoms with van der Waals surface area (Å²) in [4.78, 5) is 37.6. The average molecular weight is 1420 g/mol. The number of carboxylic acid groups (broad SMARTS) is 1. The molecule has 2 unspecified atom stereocenters. The molecule has 0 aliphatic heterocycles. The van der Waals surface area contributed by atoms with Gasteiger partial charge in [0.15, 0.2) is 12.4 Å². The molecule has 0 heterocycles. The molecule has 2 atom stereocenters. The van der Waals surface area contributed by atoms with Crippen LogP contribution in [0.1, 0.15) is 309 Å². The van der Waals surface area contributed by atoms with Crippen molar-refractivity contribution in [2.24, 2.45) is 0 Å². The van der Waals surface area contributed by atoms with Crippen LogP contribution >= 0.6 is 0 Å². The van der Waals surface area contributed by atoms with Gasteiger partial charge >= 0.3 is 11.9 Å². The highest BCUT2D eigenvalue weighted by Crippen LogP contribution is 2.17. The Bertz CT molecular complexity index is 2460. The monoisotopic (exact) mass is 1420 g/mol. The van der Waals surface area contributed by atoms with Gasteiger partial charge in [-0.3, -0.25) is 9.59 Å². The molecule has 9 nitrogen and oxygen atoms in total. The predicted molar refractivity (Wildman–Crippen MR) is 444 cm³/mol. The average Bonchev–Trinajstić information content (AvgIpc) is 1.16. The molecular weight excluding hydrogens is 1270 g/mol. The third-order valence-corrected chi connectivity index (χ3v) is 17.0. The number of unbranched alkanes of at least 4 members (excludes halogenated alkanes) is 25. The Hall–Kier alpha value is -6.13. The molecule has 9 heteroatoms. The fourth-order valence-electron chi connectivity index (χ4n) is 10.8. The summed E-state index contributed by atoms with van der Waals surface area (Å²) in [5.74, 6) is -2.34. The van der Waals surface area contributed by atoms with E-state index in [-0.39, 0.29) is 38.6 Å². The van der Waals surface area contributed by atoms with Crippen molar-refractivity contribution in [1.29, 1.82) is 0 Å². The smallest absolute Gasteiger partial charge is 0.306 e. The van der Waals surface area contributed by atoms with Gasteiger partial charge in [0.25, 0.3) is 0 Å². The lowest BCUT2D eigenvalue weighted by Gasteiger charge is -2.26. The molecule has 0 saturated heterocycles. The van der Waals surface area contributed by atoms with Crippen LogP contribution in [0.5, 0.6) is 0 Å². The van der Waals surface area contributed by atoms with Crippen LogP contribution in [0.2, 0.25) is 0 Å². The number of hydrogen-bond acceptors (Lipinski definition) is 8. The van der Waals surface area contributed by atoms with Crippen LogP contribution in [0, 0.1) is 0 Å². The van der Waals surface area contributed by atoms with Crippen LogP contribution in [0.25, 0.3) is 0 Å². The van der Waals surface area contributed by atoms with Crippen molar-refractivity contribution >= 4 is 17.9 Å². The Balaban J connectivity index is 4.12. The molecule has 103 heavy (non-hydrogen) atoms. The van der Waals surface area contributed by atoms with E-state index in [4.69, 9.17) is 18.9 Å². The van der Waals surface area contributed by atoms with Gasteiger partial charge in [-0.05, 0) is 148 Å². The topological polar surface area (TPSA) is 111 Å². The SMILES string of the molecule is CC/C=C\C/C=C\C/C=C\C/C=C\C/C=C\C/C=C\C/C=C\C/C=C\C/C=C\C/C=C\C/C=C\CCCCCC(=O)OC(COC(=O)CCCCCCCCCCCCCCCCCCCCCCCC/C=C\C/C=C\C/C=C\C/C=C\C/C=C\C/C=C\CC)COC(OCC[N+](C)(C)C)C(=O)[O-]. The number of quaternary nitrogens is 1. The summed E-state index contributed by atoms with van der Waals surface area (Å²) in [5.41, 5.74) is 0. The zero-order valence-corrected chi connectivity index (χ0v) is 66.4. The van der Waals surface area contributed by atoms with Gasteiger partial charge in [-0.15, -0.1) is 0 Å². The summed E-state index contributed by atoms with van der Waals surface area (Å²) in [7, 11) is 5.92. The van der Waals surface area contributed by atoms with Crippen molar-refractivity contribution in [2.75, 3.05) is 47.5 Å². The molecule has 0 fully saturated rings. The van der Waals surface area contributed by atoms with Crippen LogP contribution in [0.3, 0.4) is 0 Å². The Labute approximate surface area is 633 Å². The van der Waals surface area contributed by atoms with Crippen molar-refractivity contribution < 1.29 is 42.9 Å². The Morgan fingerprint density at radius 2 is 0.524 bits per heavy atom. The van der Waals surface area contributed by atoms with E-state index in [0.717, 1.165) is 148 Å². The summed E-state index contributed by atoms with van der Waals surface area (Å²) >= 11 is 0. The van der Waals surface area contributed by atoms with Crippen molar-refractivity contribution in [3.05, 3.63) is 207 Å². The second kappa shape index (κ2) is 81.5. The Morgan fingerprint density at radius 3 is 0.786 bits per heavy atom. The van der Waals surface area contributed by atoms with E-state index < -0.39 is 24.3 Å². The maximum atomic E-state index is 13.0. The number of rotatable bonds is 74. The quantitative estimate of drug-likeness (QED) is 0.0195. The maximum absolute atomic E-state index is 13.0. The van der Waals surface area contributed by atoms with Crippen LogP contribution < -0.4 is 5.11 Å². The minimum atomic E-state index is -1.64. The second-order valence-corrected chi connectivity index (χ2v) is 27.9. The number of likely N-dealkylation sites (N-methyl/N-ethyl adjacent to an activating group) is 1. The van der Waals surface area contributed by atoms with Gasteiger partial charge in [0.05, 0.1) is 40.3 Å². The molecule has 0 N–H and O–H groups in total. The number of allylic oxidation sites excluding steroid dienone is 34. The van der Waals surface area contributed by atoms with Gasteiger partial charge < -0.3 is 33.3 Å². The van der Waals surface area contributed by atoms with Crippen LogP contribution in [-0.4, -0.2) is 82.3 Å². The maximum Gasteiger partial charge on any atom is 0.306 e. The van der Waals surface area contributed by atoms with Gasteiger partial charge in [0.1, 0.15) is 13.2 Å². The molecule has 0 amide bonds. The number of hydrogen-bond donors (Lipinski definition) is 0. The normalized spacial score (nSPS) is 13.8. The third-order valence-electron chi connectivity index (χ3n) is 17.0. The zero-order valence-electron chi connectivity index (χ0n) is 66.4. The van der Waals surface area contributed by atoms with E-state index in [1.165, 1.54) is 128 Å². The fraction of sp³-hybridized carbons (Fsp3) is 0.606. The predicted octanol–water partition coefficient (Wildman–Crippen LogP) is 25.7. The number of nitrogens with zero attached hydrogens (tertiary/aromatic N) is 1. The molecule has 0 radical (unpaired) electrons. The van der Waals surface area contributed by atoms with Crippen molar-refractivity contribution in [1.82, 2.24) is 0 Å². The van der Waals surface area contributed by atoms with Gasteiger partial charge in [0, 0.05) is 12.8 Å². The van der Waals surface area contributed by atoms with Crippen LogP contribution in [-0.2, 0) is 33.3 Å². The highest BCUT2D eigenvalue weighted by molar-refractivity contribution is 5.70. The van der Waals surface area contributed by atoms with Crippen molar-refractivity contribution in [2.45, 2.75) is 322 Å². The molecule has 0 aromatic heterocycles. The van der Waals surface area contributed by atoms with E-state index >= 15 is 0 Å². The van der Waals surface area contributed by atoms with Gasteiger partial charge in [-0.25, -0.2) is 0 Å². The lowest BCUT2D eigenvalue weighted by atomic mass is 10.0. The first-order valence-corrected chi connectivity index (χ1v) is 41.2. The standard InChI is InChI=1S/C94H151NO8/c1-6-8-10-12-14-16-18-20-22-24-26-28-30-32-34-36-38-40-42-44-45-46-47-49-50-52-54-56-58-60-62-64-66-68-70-72-74-76-78-80-82-84-91(96)101-88-90(89-102-94(93(98)99)100-87-86-95(3,4)5)103-92(97)85-83-81-79-77-75-73-71-69-67-65-63-61-59-57-55-53-51-48-43-41-39-37-35-33-31-29-27-25-23-21-19-17-15-13-11-9-7-2/h8-11,14-17,20-23,26-29,32-35,38-41,48,51,55,57,61,63,67,69,73,75,90,94H,6-7,12-13,18-19,24-25,30-31,36-37,42-47,49-50,52-54,56,58-60,62,64-66,68,70-72,74,76-89H2,1-5H3/b10-8-,11-9-,16-14-,17-15-,22-20-,23-21-,28-26-,29-27-,34-32-,35-33-,40-38-,41-39-,51-48-,57-55-,63-61-,69-67-,75-73-. The molecule has 0 aromatic rings. The summed E-state index contributed by atoms with van der Waals surface area (Å²) < 4.78 is 22.8. The van der Waals surface area contributed by atoms with Crippen LogP contribution in [0.15, 0.2) is 207 Å². The van der Waals surface area contributed by atoms with E-state index in [9.17, 15) is 19.5 Å². The minimum absolute atomic E-state index is 0.132. The van der Waals surface area contributed by atoms with E-state index in [0.29, 0.717) is 17.4 Å². The largest absolute Gasteiger partial charge is 0.545 e. The van der Waals surface area contributed by atoms with E-state index in [1.54, 1.807) is 0 Å². The molecule has 0 saturated carbocycles. The van der Waals surface area contributed by atoms with Gasteiger partial charge in [-0.1, -0.05) is 355 Å². The first-order chi connectivity index (χ1) is 50.6. The Morgan fingerprint density at radius 1 is 0.291 bits per heavy atom. The summed E-state index contributed by atoms with van der Waals surface area (Å²) in [6, 6.07) is 0. The first kappa shape index (κ1) is 96.9. The molecule has 0 spiro atoms. The summed E-state index contributed by atoms with van der Waals surface area (Å²) in [6.07, 6.45) is 124. The number of esters is 2. The number of carbonyl (C=O) groups is 3. The molecule has 580 valence electrons. The number of aliphatic carboxylic acids is 1. The summed E-state index contributed by atoms with van der Waals surface area (Å²) in [5, 5.41) is 11.9. The molecule has 0 bridgehead atoms. The fourth-order valence-corrected chi connectivity index (χ4v) is 10.8. The third kappa shape index (κ3) is 83.0. The summed E-state index contributed by atoms with van der Waals surface area (Å²) in [6.45, 7) is 4.48. The molecular formula is C94H151NO8. The number of carbonyl (C=O) groups excluding carboxylic acids is 3. The molecule has 0 aliphatic carbocycles. The lowest BCUT2D eigenvalue weighted by molar-refractivity contribution is -0.870. The van der Waals surface area contributed by atoms with Crippen LogP contribution in [0.4, 0.5) is 0 Å². The van der Waals surface area contributed by atoms with E-state index in [1.807, 2.05) is 21.1 Å². The minimum Gasteiger partial charge on any atom is -0.545 e. The molecule has 0 rings (SSSR count).